The van der Waals surface area contributed by atoms with Crippen LogP contribution >= 0.6 is 0 Å². The zero-order valence-electron chi connectivity index (χ0n) is 16.8. The van der Waals surface area contributed by atoms with Gasteiger partial charge in [-0.3, -0.25) is 4.90 Å². The molecule has 3 heterocycles. The number of hydrogen-bond acceptors (Lipinski definition) is 4. The molecule has 0 unspecified atom stereocenters. The molecule has 5 heteroatoms. The number of fused-ring (bicyclic) bond motifs is 1. The lowest BCUT2D eigenvalue weighted by Crippen LogP contribution is -2.48. The van der Waals surface area contributed by atoms with Crippen molar-refractivity contribution in [2.75, 3.05) is 59.0 Å². The van der Waals surface area contributed by atoms with E-state index in [0.29, 0.717) is 18.4 Å². The summed E-state index contributed by atoms with van der Waals surface area (Å²) in [5.41, 5.74) is 2.71. The van der Waals surface area contributed by atoms with Gasteiger partial charge in [-0.1, -0.05) is 19.1 Å². The number of aliphatic hydroxyl groups excluding tert-OH is 1. The smallest absolute Gasteiger partial charge is 0.0480 e. The molecule has 2 atom stereocenters. The van der Waals surface area contributed by atoms with E-state index in [1.54, 1.807) is 0 Å². The van der Waals surface area contributed by atoms with E-state index in [1.165, 1.54) is 42.6 Å². The first-order chi connectivity index (χ1) is 13.2. The van der Waals surface area contributed by atoms with Crippen LogP contribution in [0.15, 0.2) is 30.5 Å². The minimum atomic E-state index is 0.311. The first kappa shape index (κ1) is 18.9. The van der Waals surface area contributed by atoms with Crippen LogP contribution in [0.4, 0.5) is 0 Å². The number of aliphatic hydroxyl groups is 1. The van der Waals surface area contributed by atoms with Gasteiger partial charge in [0.05, 0.1) is 0 Å². The number of nitrogens with zero attached hydrogens (tertiary/aromatic N) is 4. The third kappa shape index (κ3) is 4.06. The van der Waals surface area contributed by atoms with Gasteiger partial charge in [0.1, 0.15) is 0 Å². The molecule has 2 fully saturated rings. The van der Waals surface area contributed by atoms with Crippen molar-refractivity contribution >= 4 is 10.9 Å². The fourth-order valence-corrected chi connectivity index (χ4v) is 4.94. The number of aromatic nitrogens is 1. The molecule has 0 amide bonds. The third-order valence-electron chi connectivity index (χ3n) is 6.70. The molecular formula is C22H34N4O. The van der Waals surface area contributed by atoms with E-state index >= 15 is 0 Å². The number of piperazine rings is 1. The molecule has 0 radical (unpaired) electrons. The van der Waals surface area contributed by atoms with Crippen LogP contribution < -0.4 is 0 Å². The van der Waals surface area contributed by atoms with Gasteiger partial charge < -0.3 is 19.5 Å². The molecule has 2 saturated heterocycles. The average Bonchev–Trinajstić information content (AvgIpc) is 3.26. The molecule has 0 aliphatic carbocycles. The number of hydrogen-bond donors (Lipinski definition) is 1. The van der Waals surface area contributed by atoms with Crippen LogP contribution in [0.1, 0.15) is 12.5 Å². The summed E-state index contributed by atoms with van der Waals surface area (Å²) in [6.45, 7) is 12.7. The Bertz CT molecular complexity index is 750. The molecule has 2 aliphatic heterocycles. The second-order valence-electron chi connectivity index (χ2n) is 8.41. The minimum Gasteiger partial charge on any atom is -0.396 e. The predicted molar refractivity (Wildman–Crippen MR) is 111 cm³/mol. The Kier molecular flexibility index (Phi) is 5.83. The summed E-state index contributed by atoms with van der Waals surface area (Å²) in [7, 11) is 2.11. The van der Waals surface area contributed by atoms with Crippen molar-refractivity contribution in [1.82, 2.24) is 19.3 Å². The zero-order valence-corrected chi connectivity index (χ0v) is 16.8. The molecular weight excluding hydrogens is 336 g/mol. The second-order valence-corrected chi connectivity index (χ2v) is 8.41. The lowest BCUT2D eigenvalue weighted by Gasteiger charge is -2.36. The van der Waals surface area contributed by atoms with Crippen LogP contribution in [0.25, 0.3) is 10.9 Å². The summed E-state index contributed by atoms with van der Waals surface area (Å²) in [5.74, 6) is 0.988. The Labute approximate surface area is 163 Å². The SMILES string of the molecule is CCN1CCN(C[C@@H]2CN(Cc3cccc4c3ccn4C)C[C@@H]2CO)CC1. The first-order valence-electron chi connectivity index (χ1n) is 10.5. The highest BCUT2D eigenvalue weighted by molar-refractivity contribution is 5.83. The van der Waals surface area contributed by atoms with Gasteiger partial charge in [-0.2, -0.15) is 0 Å². The van der Waals surface area contributed by atoms with Crippen LogP contribution in [0, 0.1) is 11.8 Å². The highest BCUT2D eigenvalue weighted by Crippen LogP contribution is 2.28. The van der Waals surface area contributed by atoms with Gasteiger partial charge in [0, 0.05) is 83.1 Å². The van der Waals surface area contributed by atoms with Gasteiger partial charge >= 0.3 is 0 Å². The van der Waals surface area contributed by atoms with Crippen molar-refractivity contribution in [3.63, 3.8) is 0 Å². The number of likely N-dealkylation sites (tertiary alicyclic amines) is 1. The van der Waals surface area contributed by atoms with Crippen molar-refractivity contribution < 1.29 is 5.11 Å². The summed E-state index contributed by atoms with van der Waals surface area (Å²) < 4.78 is 2.19. The average molecular weight is 371 g/mol. The van der Waals surface area contributed by atoms with Crippen LogP contribution in [-0.2, 0) is 13.6 Å². The molecule has 4 rings (SSSR count). The molecule has 1 N–H and O–H groups in total. The second kappa shape index (κ2) is 8.31. The Morgan fingerprint density at radius 1 is 0.963 bits per heavy atom. The Morgan fingerprint density at radius 3 is 2.44 bits per heavy atom. The van der Waals surface area contributed by atoms with E-state index in [2.05, 4.69) is 63.7 Å². The maximum atomic E-state index is 9.95. The van der Waals surface area contributed by atoms with Gasteiger partial charge in [0.15, 0.2) is 0 Å². The maximum absolute atomic E-state index is 9.95. The summed E-state index contributed by atoms with van der Waals surface area (Å²) in [4.78, 5) is 7.69. The number of rotatable bonds is 6. The summed E-state index contributed by atoms with van der Waals surface area (Å²) >= 11 is 0. The Morgan fingerprint density at radius 2 is 1.70 bits per heavy atom. The van der Waals surface area contributed by atoms with E-state index in [4.69, 9.17) is 0 Å². The number of likely N-dealkylation sites (N-methyl/N-ethyl adjacent to an activating group) is 1. The van der Waals surface area contributed by atoms with Crippen LogP contribution in [-0.4, -0.2) is 83.3 Å². The largest absolute Gasteiger partial charge is 0.396 e. The normalized spacial score (nSPS) is 25.6. The van der Waals surface area contributed by atoms with E-state index < -0.39 is 0 Å². The molecule has 5 nitrogen and oxygen atoms in total. The molecule has 2 aromatic rings. The maximum Gasteiger partial charge on any atom is 0.0480 e. The molecule has 0 spiro atoms. The fraction of sp³-hybridized carbons (Fsp3) is 0.636. The van der Waals surface area contributed by atoms with Crippen molar-refractivity contribution in [2.45, 2.75) is 13.5 Å². The number of benzene rings is 1. The Hall–Kier alpha value is -1.40. The van der Waals surface area contributed by atoms with E-state index in [1.807, 2.05) is 0 Å². The molecule has 0 saturated carbocycles. The van der Waals surface area contributed by atoms with Gasteiger partial charge in [-0.25, -0.2) is 0 Å². The van der Waals surface area contributed by atoms with Crippen LogP contribution in [0.5, 0.6) is 0 Å². The molecule has 2 aliphatic rings. The molecule has 0 bridgehead atoms. The summed E-state index contributed by atoms with van der Waals surface area (Å²) in [6, 6.07) is 8.85. The third-order valence-corrected chi connectivity index (χ3v) is 6.70. The summed E-state index contributed by atoms with van der Waals surface area (Å²) in [5, 5.41) is 11.3. The van der Waals surface area contributed by atoms with Crippen molar-refractivity contribution in [3.8, 4) is 0 Å². The first-order valence-corrected chi connectivity index (χ1v) is 10.5. The van der Waals surface area contributed by atoms with E-state index in [9.17, 15) is 5.11 Å². The fourth-order valence-electron chi connectivity index (χ4n) is 4.94. The van der Waals surface area contributed by atoms with Gasteiger partial charge in [0.25, 0.3) is 0 Å². The van der Waals surface area contributed by atoms with E-state index in [-0.39, 0.29) is 0 Å². The number of aryl methyl sites for hydroxylation is 1. The lowest BCUT2D eigenvalue weighted by molar-refractivity contribution is 0.106. The topological polar surface area (TPSA) is 34.9 Å². The standard InChI is InChI=1S/C22H34N4O/c1-3-24-9-11-25(12-10-24)14-19-15-26(16-20(19)17-27)13-18-5-4-6-22-21(18)7-8-23(22)2/h4-8,19-20,27H,3,9-17H2,1-2H3/t19-,20-/m1/s1. The molecule has 27 heavy (non-hydrogen) atoms. The van der Waals surface area contributed by atoms with E-state index in [0.717, 1.165) is 32.7 Å². The highest BCUT2D eigenvalue weighted by Gasteiger charge is 2.34. The molecule has 1 aromatic heterocycles. The van der Waals surface area contributed by atoms with Crippen molar-refractivity contribution in [2.24, 2.45) is 18.9 Å². The zero-order chi connectivity index (χ0) is 18.8. The lowest BCUT2D eigenvalue weighted by atomic mass is 9.96. The predicted octanol–water partition coefficient (Wildman–Crippen LogP) is 1.86. The van der Waals surface area contributed by atoms with Gasteiger partial charge in [-0.05, 0) is 36.1 Å². The van der Waals surface area contributed by atoms with Crippen molar-refractivity contribution in [1.29, 1.82) is 0 Å². The van der Waals surface area contributed by atoms with Crippen LogP contribution in [0.3, 0.4) is 0 Å². The molecule has 1 aromatic carbocycles. The quantitative estimate of drug-likeness (QED) is 0.842. The monoisotopic (exact) mass is 370 g/mol. The summed E-state index contributed by atoms with van der Waals surface area (Å²) in [6.07, 6.45) is 2.15. The van der Waals surface area contributed by atoms with Crippen molar-refractivity contribution in [3.05, 3.63) is 36.0 Å². The minimum absolute atomic E-state index is 0.311. The molecule has 148 valence electrons. The van der Waals surface area contributed by atoms with Gasteiger partial charge in [0.2, 0.25) is 0 Å². The Balaban J connectivity index is 1.39. The van der Waals surface area contributed by atoms with Crippen LogP contribution in [0.2, 0.25) is 0 Å². The van der Waals surface area contributed by atoms with Gasteiger partial charge in [-0.15, -0.1) is 0 Å². The highest BCUT2D eigenvalue weighted by atomic mass is 16.3.